The van der Waals surface area contributed by atoms with Gasteiger partial charge in [-0.05, 0) is 60.4 Å². The number of cyclic esters (lactones) is 1. The molecule has 0 saturated carbocycles. The van der Waals surface area contributed by atoms with Crippen molar-refractivity contribution >= 4 is 22.8 Å². The van der Waals surface area contributed by atoms with Gasteiger partial charge in [-0.1, -0.05) is 18.2 Å². The average Bonchev–Trinajstić information content (AvgIpc) is 2.70. The van der Waals surface area contributed by atoms with Crippen LogP contribution in [0.4, 0.5) is 4.39 Å². The number of benzene rings is 2. The molecule has 0 amide bonds. The van der Waals surface area contributed by atoms with Gasteiger partial charge in [0, 0.05) is 17.5 Å². The second-order valence-electron chi connectivity index (χ2n) is 7.15. The topological polar surface area (TPSA) is 68.5 Å². The number of esters is 1. The smallest absolute Gasteiger partial charge is 0.309 e. The lowest BCUT2D eigenvalue weighted by Gasteiger charge is -2.23. The first kappa shape index (κ1) is 19.1. The third kappa shape index (κ3) is 3.71. The Morgan fingerprint density at radius 3 is 2.48 bits per heavy atom. The van der Waals surface area contributed by atoms with Gasteiger partial charge in [0.1, 0.15) is 11.9 Å². The van der Waals surface area contributed by atoms with Crippen LogP contribution in [0.3, 0.4) is 0 Å². The van der Waals surface area contributed by atoms with Crippen LogP contribution >= 0.6 is 0 Å². The number of aromatic nitrogens is 1. The fourth-order valence-corrected chi connectivity index (χ4v) is 3.70. The number of aryl methyl sites for hydroxylation is 1. The van der Waals surface area contributed by atoms with Gasteiger partial charge in [-0.2, -0.15) is 0 Å². The van der Waals surface area contributed by atoms with Crippen molar-refractivity contribution in [2.24, 2.45) is 0 Å². The van der Waals surface area contributed by atoms with Crippen LogP contribution in [0.2, 0.25) is 0 Å². The number of pyridine rings is 1. The van der Waals surface area contributed by atoms with Crippen molar-refractivity contribution in [3.8, 4) is 5.69 Å². The zero-order chi connectivity index (χ0) is 20.5. The summed E-state index contributed by atoms with van der Waals surface area (Å²) in [5.74, 6) is -0.843. The van der Waals surface area contributed by atoms with E-state index in [1.807, 2.05) is 19.1 Å². The summed E-state index contributed by atoms with van der Waals surface area (Å²) in [7, 11) is 0. The first-order chi connectivity index (χ1) is 13.9. The van der Waals surface area contributed by atoms with E-state index in [0.29, 0.717) is 23.2 Å². The zero-order valence-corrected chi connectivity index (χ0v) is 15.8. The molecule has 1 aliphatic rings. The predicted octanol–water partition coefficient (Wildman–Crippen LogP) is 3.52. The molecule has 148 valence electrons. The second-order valence-corrected chi connectivity index (χ2v) is 7.15. The van der Waals surface area contributed by atoms with Crippen LogP contribution in [-0.2, 0) is 9.53 Å². The molecule has 1 saturated heterocycles. The lowest BCUT2D eigenvalue weighted by molar-refractivity contribution is -0.156. The Labute approximate surface area is 166 Å². The highest BCUT2D eigenvalue weighted by molar-refractivity contribution is 5.87. The number of fused-ring (bicyclic) bond motifs is 1. The summed E-state index contributed by atoms with van der Waals surface area (Å²) in [5.41, 5.74) is 1.78. The Morgan fingerprint density at radius 1 is 1.10 bits per heavy atom. The van der Waals surface area contributed by atoms with Crippen molar-refractivity contribution in [3.63, 3.8) is 0 Å². The third-order valence-corrected chi connectivity index (χ3v) is 5.13. The Morgan fingerprint density at radius 2 is 1.79 bits per heavy atom. The molecular weight excluding hydrogens is 373 g/mol. The van der Waals surface area contributed by atoms with Crippen molar-refractivity contribution < 1.29 is 19.0 Å². The van der Waals surface area contributed by atoms with Crippen LogP contribution in [0, 0.1) is 12.7 Å². The highest BCUT2D eigenvalue weighted by atomic mass is 19.1. The van der Waals surface area contributed by atoms with Crippen molar-refractivity contribution in [3.05, 3.63) is 82.0 Å². The van der Waals surface area contributed by atoms with Gasteiger partial charge in [-0.25, -0.2) is 4.39 Å². The molecule has 2 atom stereocenters. The molecule has 0 aliphatic carbocycles. The molecule has 1 aromatic heterocycles. The largest absolute Gasteiger partial charge is 0.458 e. The van der Waals surface area contributed by atoms with Gasteiger partial charge in [0.2, 0.25) is 0 Å². The first-order valence-electron chi connectivity index (χ1n) is 9.40. The Kier molecular flexibility index (Phi) is 5.03. The summed E-state index contributed by atoms with van der Waals surface area (Å²) in [4.78, 5) is 24.9. The minimum Gasteiger partial charge on any atom is -0.458 e. The molecule has 0 radical (unpaired) electrons. The monoisotopic (exact) mass is 393 g/mol. The summed E-state index contributed by atoms with van der Waals surface area (Å²) in [6.45, 7) is 1.91. The van der Waals surface area contributed by atoms with Gasteiger partial charge in [0.05, 0.1) is 18.2 Å². The molecule has 3 aromatic rings. The summed E-state index contributed by atoms with van der Waals surface area (Å²) < 4.78 is 20.2. The van der Waals surface area contributed by atoms with E-state index in [2.05, 4.69) is 0 Å². The predicted molar refractivity (Wildman–Crippen MR) is 108 cm³/mol. The molecule has 0 spiro atoms. The molecule has 1 aliphatic heterocycles. The number of hydrogen-bond donors (Lipinski definition) is 1. The maximum absolute atomic E-state index is 13.4. The van der Waals surface area contributed by atoms with Gasteiger partial charge in [-0.15, -0.1) is 0 Å². The molecule has 5 nitrogen and oxygen atoms in total. The van der Waals surface area contributed by atoms with Crippen LogP contribution in [0.25, 0.3) is 22.5 Å². The van der Waals surface area contributed by atoms with Crippen LogP contribution in [0.5, 0.6) is 0 Å². The maximum atomic E-state index is 13.4. The second kappa shape index (κ2) is 7.64. The summed E-state index contributed by atoms with van der Waals surface area (Å²) in [5, 5.41) is 11.2. The highest BCUT2D eigenvalue weighted by Crippen LogP contribution is 2.24. The highest BCUT2D eigenvalue weighted by Gasteiger charge is 2.25. The van der Waals surface area contributed by atoms with Gasteiger partial charge in [0.15, 0.2) is 0 Å². The quantitative estimate of drug-likeness (QED) is 0.692. The third-order valence-electron chi connectivity index (χ3n) is 5.13. The molecule has 0 bridgehead atoms. The number of halogens is 1. The Bertz CT molecular complexity index is 1160. The lowest BCUT2D eigenvalue weighted by Crippen LogP contribution is -2.31. The normalized spacial score (nSPS) is 19.6. The van der Waals surface area contributed by atoms with E-state index in [9.17, 15) is 19.1 Å². The van der Waals surface area contributed by atoms with Crippen molar-refractivity contribution in [1.29, 1.82) is 0 Å². The van der Waals surface area contributed by atoms with E-state index >= 15 is 0 Å². The van der Waals surface area contributed by atoms with Crippen LogP contribution < -0.4 is 5.56 Å². The first-order valence-corrected chi connectivity index (χ1v) is 9.40. The van der Waals surface area contributed by atoms with Crippen molar-refractivity contribution in [1.82, 2.24) is 4.57 Å². The van der Waals surface area contributed by atoms with Crippen LogP contribution in [0.1, 0.15) is 24.1 Å². The van der Waals surface area contributed by atoms with E-state index in [4.69, 9.17) is 4.74 Å². The number of aliphatic hydroxyl groups excluding tert-OH is 1. The number of aliphatic hydroxyl groups is 1. The number of ether oxygens (including phenoxy) is 1. The summed E-state index contributed by atoms with van der Waals surface area (Å²) >= 11 is 0. The average molecular weight is 393 g/mol. The van der Waals surface area contributed by atoms with E-state index in [0.717, 1.165) is 10.9 Å². The van der Waals surface area contributed by atoms with Gasteiger partial charge in [0.25, 0.3) is 5.56 Å². The van der Waals surface area contributed by atoms with Crippen molar-refractivity contribution in [2.75, 3.05) is 0 Å². The molecule has 1 fully saturated rings. The number of hydrogen-bond acceptors (Lipinski definition) is 4. The number of rotatable bonds is 3. The number of carbonyl (C=O) groups is 1. The fraction of sp³-hybridized carbons (Fsp3) is 0.217. The van der Waals surface area contributed by atoms with E-state index in [1.54, 1.807) is 36.4 Å². The lowest BCUT2D eigenvalue weighted by atomic mass is 10.0. The van der Waals surface area contributed by atoms with E-state index in [-0.39, 0.29) is 17.8 Å². The summed E-state index contributed by atoms with van der Waals surface area (Å²) in [6.07, 6.45) is 2.37. The van der Waals surface area contributed by atoms with Gasteiger partial charge in [-0.3, -0.25) is 14.2 Å². The van der Waals surface area contributed by atoms with Gasteiger partial charge >= 0.3 is 5.97 Å². The van der Waals surface area contributed by atoms with Gasteiger partial charge < -0.3 is 9.84 Å². The molecular formula is C23H20FNO4. The SMILES string of the molecule is Cc1c(/C=C/[C@@H]2C[C@@H](O)CC(=O)O2)n(-c2ccc(F)cc2)c(=O)c2ccccc12. The molecule has 2 heterocycles. The van der Waals surface area contributed by atoms with Crippen LogP contribution in [0.15, 0.2) is 59.4 Å². The molecule has 6 heteroatoms. The minimum absolute atomic E-state index is 0.0143. The standard InChI is InChI=1S/C23H20FNO4/c1-14-19-4-2-3-5-20(19)23(28)25(16-8-6-15(24)7-9-16)21(14)11-10-18-12-17(26)13-22(27)29-18/h2-11,17-18,26H,12-13H2,1H3/b11-10+/t17-,18-/m1/s1. The zero-order valence-electron chi connectivity index (χ0n) is 15.8. The number of nitrogens with zero attached hydrogens (tertiary/aromatic N) is 1. The molecule has 1 N–H and O–H groups in total. The number of carbonyl (C=O) groups excluding carboxylic acids is 1. The van der Waals surface area contributed by atoms with E-state index < -0.39 is 18.2 Å². The minimum atomic E-state index is -0.747. The van der Waals surface area contributed by atoms with E-state index in [1.165, 1.54) is 16.7 Å². The summed E-state index contributed by atoms with van der Waals surface area (Å²) in [6, 6.07) is 13.0. The van der Waals surface area contributed by atoms with Crippen LogP contribution in [-0.4, -0.2) is 27.9 Å². The molecule has 29 heavy (non-hydrogen) atoms. The fourth-order valence-electron chi connectivity index (χ4n) is 3.70. The molecule has 2 aromatic carbocycles. The Balaban J connectivity index is 1.89. The Hall–Kier alpha value is -3.25. The molecule has 0 unspecified atom stereocenters. The maximum Gasteiger partial charge on any atom is 0.309 e. The molecule has 4 rings (SSSR count). The van der Waals surface area contributed by atoms with Crippen molar-refractivity contribution in [2.45, 2.75) is 32.0 Å².